The second-order valence-electron chi connectivity index (χ2n) is 3.21. The lowest BCUT2D eigenvalue weighted by atomic mass is 10.1. The minimum Gasteiger partial charge on any atom is -0.345 e. The van der Waals surface area contributed by atoms with Crippen LogP contribution >= 0.6 is 0 Å². The van der Waals surface area contributed by atoms with Crippen molar-refractivity contribution in [2.24, 2.45) is 0 Å². The van der Waals surface area contributed by atoms with Crippen molar-refractivity contribution in [2.75, 3.05) is 6.54 Å². The van der Waals surface area contributed by atoms with Crippen LogP contribution in [0.25, 0.3) is 0 Å². The molecule has 1 rings (SSSR count). The smallest absolute Gasteiger partial charge is 0.217 e. The Labute approximate surface area is 94.3 Å². The van der Waals surface area contributed by atoms with E-state index in [0.29, 0.717) is 12.2 Å². The number of amides is 1. The first-order valence-electron chi connectivity index (χ1n) is 4.73. The molecule has 1 aromatic rings. The molecule has 1 N–H and O–H groups in total. The Morgan fingerprint density at radius 3 is 2.94 bits per heavy atom. The SMILES string of the molecule is CC(=O)NCC#Cc1cnc(C#N)c(C)c1. The number of carbonyl (C=O) groups is 1. The van der Waals surface area contributed by atoms with Crippen LogP contribution in [0.2, 0.25) is 0 Å². The molecule has 1 heterocycles. The molecule has 0 atom stereocenters. The quantitative estimate of drug-likeness (QED) is 0.700. The van der Waals surface area contributed by atoms with Gasteiger partial charge >= 0.3 is 0 Å². The fourth-order valence-electron chi connectivity index (χ4n) is 1.08. The van der Waals surface area contributed by atoms with Crippen molar-refractivity contribution < 1.29 is 4.79 Å². The van der Waals surface area contributed by atoms with Gasteiger partial charge in [0, 0.05) is 18.7 Å². The summed E-state index contributed by atoms with van der Waals surface area (Å²) >= 11 is 0. The third kappa shape index (κ3) is 3.43. The van der Waals surface area contributed by atoms with Crippen LogP contribution in [0.3, 0.4) is 0 Å². The highest BCUT2D eigenvalue weighted by Gasteiger charge is 1.97. The maximum Gasteiger partial charge on any atom is 0.217 e. The lowest BCUT2D eigenvalue weighted by molar-refractivity contribution is -0.118. The van der Waals surface area contributed by atoms with E-state index in [4.69, 9.17) is 5.26 Å². The summed E-state index contributed by atoms with van der Waals surface area (Å²) in [6.07, 6.45) is 1.55. The second kappa shape index (κ2) is 5.53. The molecule has 80 valence electrons. The van der Waals surface area contributed by atoms with Gasteiger partial charge in [0.15, 0.2) is 0 Å². The Bertz CT molecular complexity index is 503. The van der Waals surface area contributed by atoms with Gasteiger partial charge in [-0.3, -0.25) is 4.79 Å². The van der Waals surface area contributed by atoms with Crippen LogP contribution in [0.1, 0.15) is 23.7 Å². The van der Waals surface area contributed by atoms with Gasteiger partial charge in [-0.1, -0.05) is 11.8 Å². The summed E-state index contributed by atoms with van der Waals surface area (Å²) in [6, 6.07) is 3.79. The number of rotatable bonds is 1. The first-order chi connectivity index (χ1) is 7.63. The van der Waals surface area contributed by atoms with Crippen LogP contribution < -0.4 is 5.32 Å². The number of hydrogen-bond acceptors (Lipinski definition) is 3. The molecule has 16 heavy (non-hydrogen) atoms. The third-order valence-electron chi connectivity index (χ3n) is 1.84. The minimum absolute atomic E-state index is 0.108. The van der Waals surface area contributed by atoms with Gasteiger partial charge in [0.05, 0.1) is 6.54 Å². The molecule has 1 amide bonds. The highest BCUT2D eigenvalue weighted by atomic mass is 16.1. The average Bonchev–Trinajstić information content (AvgIpc) is 2.24. The first-order valence-corrected chi connectivity index (χ1v) is 4.73. The van der Waals surface area contributed by atoms with Crippen molar-refractivity contribution in [2.45, 2.75) is 13.8 Å². The summed E-state index contributed by atoms with van der Waals surface area (Å²) in [5.41, 5.74) is 1.95. The fourth-order valence-corrected chi connectivity index (χ4v) is 1.08. The van der Waals surface area contributed by atoms with Gasteiger partial charge in [-0.2, -0.15) is 5.26 Å². The number of aryl methyl sites for hydroxylation is 1. The van der Waals surface area contributed by atoms with Gasteiger partial charge in [0.25, 0.3) is 0 Å². The van der Waals surface area contributed by atoms with Gasteiger partial charge < -0.3 is 5.32 Å². The zero-order valence-electron chi connectivity index (χ0n) is 9.16. The number of pyridine rings is 1. The van der Waals surface area contributed by atoms with Crippen molar-refractivity contribution in [3.05, 3.63) is 29.1 Å². The molecule has 1 aromatic heterocycles. The van der Waals surface area contributed by atoms with Crippen molar-refractivity contribution in [1.82, 2.24) is 10.3 Å². The van der Waals surface area contributed by atoms with E-state index in [1.807, 2.05) is 13.0 Å². The van der Waals surface area contributed by atoms with E-state index in [1.54, 1.807) is 12.3 Å². The molecule has 0 bridgehead atoms. The molecule has 0 fully saturated rings. The van der Waals surface area contributed by atoms with E-state index in [9.17, 15) is 4.79 Å². The Morgan fingerprint density at radius 2 is 2.38 bits per heavy atom. The Morgan fingerprint density at radius 1 is 1.62 bits per heavy atom. The second-order valence-corrected chi connectivity index (χ2v) is 3.21. The van der Waals surface area contributed by atoms with Crippen molar-refractivity contribution in [3.8, 4) is 17.9 Å². The summed E-state index contributed by atoms with van der Waals surface area (Å²) in [4.78, 5) is 14.5. The van der Waals surface area contributed by atoms with Gasteiger partial charge in [-0.15, -0.1) is 0 Å². The Balaban J connectivity index is 2.72. The predicted octanol–water partition coefficient (Wildman–Crippen LogP) is 0.749. The van der Waals surface area contributed by atoms with Gasteiger partial charge in [0.1, 0.15) is 11.8 Å². The van der Waals surface area contributed by atoms with Crippen LogP contribution in [0.4, 0.5) is 0 Å². The molecule has 0 unspecified atom stereocenters. The zero-order chi connectivity index (χ0) is 12.0. The summed E-state index contributed by atoms with van der Waals surface area (Å²) in [7, 11) is 0. The van der Waals surface area contributed by atoms with Gasteiger partial charge in [0.2, 0.25) is 5.91 Å². The van der Waals surface area contributed by atoms with Crippen LogP contribution in [-0.4, -0.2) is 17.4 Å². The molecule has 0 saturated heterocycles. The fraction of sp³-hybridized carbons (Fsp3) is 0.250. The molecular weight excluding hydrogens is 202 g/mol. The van der Waals surface area contributed by atoms with E-state index in [2.05, 4.69) is 22.1 Å². The number of nitriles is 1. The molecule has 0 aliphatic carbocycles. The van der Waals surface area contributed by atoms with Gasteiger partial charge in [-0.05, 0) is 18.6 Å². The number of nitrogens with zero attached hydrogens (tertiary/aromatic N) is 2. The Hall–Kier alpha value is -2.33. The molecule has 0 aliphatic heterocycles. The minimum atomic E-state index is -0.108. The monoisotopic (exact) mass is 213 g/mol. The maximum atomic E-state index is 10.6. The van der Waals surface area contributed by atoms with E-state index >= 15 is 0 Å². The molecular formula is C12H11N3O. The topological polar surface area (TPSA) is 65.8 Å². The summed E-state index contributed by atoms with van der Waals surface area (Å²) in [5.74, 6) is 5.54. The van der Waals surface area contributed by atoms with Gasteiger partial charge in [-0.25, -0.2) is 4.98 Å². The maximum absolute atomic E-state index is 10.6. The van der Waals surface area contributed by atoms with Crippen LogP contribution in [0.5, 0.6) is 0 Å². The van der Waals surface area contributed by atoms with Crippen LogP contribution in [0, 0.1) is 30.1 Å². The standard InChI is InChI=1S/C12H11N3O/c1-9-6-11(8-15-12(9)7-13)4-3-5-14-10(2)16/h6,8H,5H2,1-2H3,(H,14,16). The molecule has 0 radical (unpaired) electrons. The number of nitrogens with one attached hydrogen (secondary N) is 1. The molecule has 0 spiro atoms. The van der Waals surface area contributed by atoms with Crippen LogP contribution in [-0.2, 0) is 4.79 Å². The average molecular weight is 213 g/mol. The molecule has 0 saturated carbocycles. The number of aromatic nitrogens is 1. The van der Waals surface area contributed by atoms with Crippen molar-refractivity contribution >= 4 is 5.91 Å². The zero-order valence-corrected chi connectivity index (χ0v) is 9.16. The van der Waals surface area contributed by atoms with E-state index in [-0.39, 0.29) is 5.91 Å². The van der Waals surface area contributed by atoms with Crippen molar-refractivity contribution in [3.63, 3.8) is 0 Å². The molecule has 0 aromatic carbocycles. The van der Waals surface area contributed by atoms with E-state index in [0.717, 1.165) is 11.1 Å². The number of hydrogen-bond donors (Lipinski definition) is 1. The number of carbonyl (C=O) groups excluding carboxylic acids is 1. The third-order valence-corrected chi connectivity index (χ3v) is 1.84. The molecule has 0 aliphatic rings. The molecule has 4 nitrogen and oxygen atoms in total. The lowest BCUT2D eigenvalue weighted by Crippen LogP contribution is -2.19. The lowest BCUT2D eigenvalue weighted by Gasteiger charge is -1.96. The van der Waals surface area contributed by atoms with Crippen molar-refractivity contribution in [1.29, 1.82) is 5.26 Å². The predicted molar refractivity (Wildman–Crippen MR) is 59.3 cm³/mol. The normalized spacial score (nSPS) is 8.56. The highest BCUT2D eigenvalue weighted by molar-refractivity contribution is 5.73. The summed E-state index contributed by atoms with van der Waals surface area (Å²) in [6.45, 7) is 3.56. The largest absolute Gasteiger partial charge is 0.345 e. The van der Waals surface area contributed by atoms with E-state index < -0.39 is 0 Å². The van der Waals surface area contributed by atoms with E-state index in [1.165, 1.54) is 6.92 Å². The summed E-state index contributed by atoms with van der Waals surface area (Å²) in [5, 5.41) is 11.3. The Kier molecular flexibility index (Phi) is 4.06. The molecule has 4 heteroatoms. The van der Waals surface area contributed by atoms with Crippen LogP contribution in [0.15, 0.2) is 12.3 Å². The highest BCUT2D eigenvalue weighted by Crippen LogP contribution is 2.04. The first kappa shape index (κ1) is 11.7. The summed E-state index contributed by atoms with van der Waals surface area (Å²) < 4.78 is 0.